The average molecular weight is 260 g/mol. The van der Waals surface area contributed by atoms with Gasteiger partial charge in [0.15, 0.2) is 0 Å². The van der Waals surface area contributed by atoms with Crippen molar-refractivity contribution in [1.29, 1.82) is 0 Å². The van der Waals surface area contributed by atoms with Gasteiger partial charge in [0.2, 0.25) is 11.8 Å². The molecule has 1 N–H and O–H groups in total. The van der Waals surface area contributed by atoms with Crippen LogP contribution in [0.2, 0.25) is 0 Å². The second-order valence-electron chi connectivity index (χ2n) is 5.30. The quantitative estimate of drug-likeness (QED) is 0.819. The van der Waals surface area contributed by atoms with Crippen LogP contribution in [0.3, 0.4) is 0 Å². The minimum absolute atomic E-state index is 0.143. The molecule has 0 spiro atoms. The Labute approximate surface area is 113 Å². The first-order valence-electron chi connectivity index (χ1n) is 6.54. The molecule has 0 bridgehead atoms. The lowest BCUT2D eigenvalue weighted by Gasteiger charge is -2.30. The van der Waals surface area contributed by atoms with E-state index in [0.29, 0.717) is 6.54 Å². The largest absolute Gasteiger partial charge is 0.298 e. The molecule has 1 unspecified atom stereocenters. The lowest BCUT2D eigenvalue weighted by molar-refractivity contribution is -0.149. The highest BCUT2D eigenvalue weighted by atomic mass is 16.2. The number of hydrogen-bond donors (Lipinski definition) is 1. The van der Waals surface area contributed by atoms with Crippen LogP contribution >= 0.6 is 0 Å². The van der Waals surface area contributed by atoms with Gasteiger partial charge in [-0.1, -0.05) is 17.7 Å². The van der Waals surface area contributed by atoms with E-state index in [1.54, 1.807) is 6.92 Å². The monoisotopic (exact) mass is 260 g/mol. The molecule has 1 aromatic carbocycles. The Bertz CT molecular complexity index is 514. The summed E-state index contributed by atoms with van der Waals surface area (Å²) in [4.78, 5) is 25.3. The zero-order chi connectivity index (χ0) is 14.2. The molecule has 2 rings (SSSR count). The third-order valence-corrected chi connectivity index (χ3v) is 3.65. The first kappa shape index (κ1) is 13.7. The topological polar surface area (TPSA) is 49.4 Å². The number of carbonyl (C=O) groups is 2. The van der Waals surface area contributed by atoms with E-state index >= 15 is 0 Å². The average Bonchev–Trinajstić information content (AvgIpc) is 2.32. The minimum Gasteiger partial charge on any atom is -0.298 e. The van der Waals surface area contributed by atoms with E-state index in [2.05, 4.69) is 17.4 Å². The van der Waals surface area contributed by atoms with Gasteiger partial charge in [-0.3, -0.25) is 19.8 Å². The number of hydrogen-bond acceptors (Lipinski definition) is 3. The molecule has 0 saturated carbocycles. The number of piperazine rings is 1. The molecule has 1 atom stereocenters. The van der Waals surface area contributed by atoms with Crippen molar-refractivity contribution in [1.82, 2.24) is 10.2 Å². The Hall–Kier alpha value is -1.68. The number of nitrogens with one attached hydrogen (secondary N) is 1. The van der Waals surface area contributed by atoms with Crippen LogP contribution in [-0.4, -0.2) is 29.3 Å². The zero-order valence-electron chi connectivity index (χ0n) is 11.9. The van der Waals surface area contributed by atoms with Gasteiger partial charge in [-0.05, 0) is 44.4 Å². The Morgan fingerprint density at radius 3 is 2.37 bits per heavy atom. The van der Waals surface area contributed by atoms with E-state index in [1.807, 2.05) is 20.8 Å². The van der Waals surface area contributed by atoms with Crippen LogP contribution in [0, 0.1) is 20.8 Å². The van der Waals surface area contributed by atoms with Crippen LogP contribution in [0.25, 0.3) is 0 Å². The molecule has 4 heteroatoms. The highest BCUT2D eigenvalue weighted by molar-refractivity contribution is 6.00. The third-order valence-electron chi connectivity index (χ3n) is 3.65. The second kappa shape index (κ2) is 5.13. The molecule has 19 heavy (non-hydrogen) atoms. The Kier molecular flexibility index (Phi) is 3.71. The summed E-state index contributed by atoms with van der Waals surface area (Å²) in [6.45, 7) is 8.49. The molecule has 1 saturated heterocycles. The summed E-state index contributed by atoms with van der Waals surface area (Å²) in [5.74, 6) is -0.293. The lowest BCUT2D eigenvalue weighted by atomic mass is 9.99. The fourth-order valence-corrected chi connectivity index (χ4v) is 2.56. The number of benzene rings is 1. The summed E-state index contributed by atoms with van der Waals surface area (Å²) < 4.78 is 0. The Balaban J connectivity index is 2.30. The first-order valence-corrected chi connectivity index (χ1v) is 6.54. The van der Waals surface area contributed by atoms with Gasteiger partial charge in [-0.15, -0.1) is 0 Å². The lowest BCUT2D eigenvalue weighted by Crippen LogP contribution is -2.56. The van der Waals surface area contributed by atoms with Crippen molar-refractivity contribution >= 4 is 11.8 Å². The van der Waals surface area contributed by atoms with Crippen LogP contribution < -0.4 is 5.32 Å². The molecular formula is C15H20N2O2. The summed E-state index contributed by atoms with van der Waals surface area (Å²) in [5, 5.41) is 2.89. The molecule has 1 fully saturated rings. The van der Waals surface area contributed by atoms with Crippen molar-refractivity contribution in [2.45, 2.75) is 40.3 Å². The van der Waals surface area contributed by atoms with Crippen molar-refractivity contribution in [2.75, 3.05) is 6.54 Å². The molecular weight excluding hydrogens is 240 g/mol. The first-order chi connectivity index (χ1) is 8.90. The third kappa shape index (κ3) is 2.68. The summed E-state index contributed by atoms with van der Waals surface area (Å²) >= 11 is 0. The van der Waals surface area contributed by atoms with Gasteiger partial charge in [-0.25, -0.2) is 0 Å². The van der Waals surface area contributed by atoms with Crippen LogP contribution in [0.5, 0.6) is 0 Å². The Morgan fingerprint density at radius 2 is 1.79 bits per heavy atom. The van der Waals surface area contributed by atoms with E-state index in [1.165, 1.54) is 10.5 Å². The standard InChI is InChI=1S/C15H20N2O2/c1-9-5-10(2)13(11(3)6-9)8-17-14(18)7-16-12(4)15(17)19/h5-6,12,16H,7-8H2,1-4H3. The van der Waals surface area contributed by atoms with Crippen molar-refractivity contribution in [3.05, 3.63) is 34.4 Å². The van der Waals surface area contributed by atoms with Gasteiger partial charge in [-0.2, -0.15) is 0 Å². The van der Waals surface area contributed by atoms with Gasteiger partial charge in [0.1, 0.15) is 0 Å². The van der Waals surface area contributed by atoms with Crippen molar-refractivity contribution in [2.24, 2.45) is 0 Å². The number of amides is 2. The molecule has 1 heterocycles. The second-order valence-corrected chi connectivity index (χ2v) is 5.30. The normalized spacial score (nSPS) is 20.0. The van der Waals surface area contributed by atoms with E-state index in [9.17, 15) is 9.59 Å². The molecule has 2 amide bonds. The zero-order valence-corrected chi connectivity index (χ0v) is 11.9. The van der Waals surface area contributed by atoms with Crippen molar-refractivity contribution < 1.29 is 9.59 Å². The minimum atomic E-state index is -0.288. The maximum atomic E-state index is 12.1. The van der Waals surface area contributed by atoms with E-state index < -0.39 is 0 Å². The van der Waals surface area contributed by atoms with Gasteiger partial charge in [0.05, 0.1) is 19.1 Å². The smallest absolute Gasteiger partial charge is 0.246 e. The summed E-state index contributed by atoms with van der Waals surface area (Å²) in [7, 11) is 0. The summed E-state index contributed by atoms with van der Waals surface area (Å²) in [5.41, 5.74) is 4.53. The molecule has 4 nitrogen and oxygen atoms in total. The van der Waals surface area contributed by atoms with Gasteiger partial charge in [0, 0.05) is 0 Å². The van der Waals surface area contributed by atoms with Crippen LogP contribution in [0.4, 0.5) is 0 Å². The highest BCUT2D eigenvalue weighted by Gasteiger charge is 2.31. The number of carbonyl (C=O) groups excluding carboxylic acids is 2. The number of rotatable bonds is 2. The van der Waals surface area contributed by atoms with E-state index in [4.69, 9.17) is 0 Å². The number of imide groups is 1. The molecule has 0 aromatic heterocycles. The van der Waals surface area contributed by atoms with Gasteiger partial charge < -0.3 is 0 Å². The molecule has 0 aliphatic carbocycles. The van der Waals surface area contributed by atoms with Gasteiger partial charge in [0.25, 0.3) is 0 Å². The van der Waals surface area contributed by atoms with Crippen LogP contribution in [0.15, 0.2) is 12.1 Å². The molecule has 102 valence electrons. The fourth-order valence-electron chi connectivity index (χ4n) is 2.56. The van der Waals surface area contributed by atoms with E-state index in [0.717, 1.165) is 16.7 Å². The van der Waals surface area contributed by atoms with Crippen LogP contribution in [-0.2, 0) is 16.1 Å². The molecule has 0 radical (unpaired) electrons. The SMILES string of the molecule is Cc1cc(C)c(CN2C(=O)CNC(C)C2=O)c(C)c1. The van der Waals surface area contributed by atoms with Crippen molar-refractivity contribution in [3.8, 4) is 0 Å². The van der Waals surface area contributed by atoms with E-state index in [-0.39, 0.29) is 24.4 Å². The van der Waals surface area contributed by atoms with Gasteiger partial charge >= 0.3 is 0 Å². The maximum absolute atomic E-state index is 12.1. The summed E-state index contributed by atoms with van der Waals surface area (Å²) in [6, 6.07) is 3.88. The predicted octanol–water partition coefficient (Wildman–Crippen LogP) is 1.46. The molecule has 1 aliphatic rings. The highest BCUT2D eigenvalue weighted by Crippen LogP contribution is 2.19. The van der Waals surface area contributed by atoms with Crippen LogP contribution in [0.1, 0.15) is 29.2 Å². The van der Waals surface area contributed by atoms with Crippen molar-refractivity contribution in [3.63, 3.8) is 0 Å². The predicted molar refractivity (Wildman–Crippen MR) is 73.7 cm³/mol. The maximum Gasteiger partial charge on any atom is 0.246 e. The Morgan fingerprint density at radius 1 is 1.21 bits per heavy atom. The molecule has 1 aromatic rings. The number of nitrogens with zero attached hydrogens (tertiary/aromatic N) is 1. The number of aryl methyl sites for hydroxylation is 3. The fraction of sp³-hybridized carbons (Fsp3) is 0.467. The molecule has 1 aliphatic heterocycles. The summed E-state index contributed by atoms with van der Waals surface area (Å²) in [6.07, 6.45) is 0.